The number of hydrogen-bond donors (Lipinski definition) is 1. The number of nitrogens with zero attached hydrogens (tertiary/aromatic N) is 2. The Morgan fingerprint density at radius 2 is 1.71 bits per heavy atom. The molecule has 1 aromatic carbocycles. The molecule has 2 aromatic rings. The van der Waals surface area contributed by atoms with Crippen molar-refractivity contribution in [1.29, 1.82) is 0 Å². The molecule has 2 N–H and O–H groups in total. The van der Waals surface area contributed by atoms with E-state index < -0.39 is 0 Å². The number of rotatable bonds is 6. The van der Waals surface area contributed by atoms with Gasteiger partial charge in [0, 0.05) is 6.54 Å². The summed E-state index contributed by atoms with van der Waals surface area (Å²) < 4.78 is 5.57. The molecule has 1 heterocycles. The molecular weight excluding hydrogens is 262 g/mol. The van der Waals surface area contributed by atoms with Gasteiger partial charge in [0.25, 0.3) is 0 Å². The molecule has 4 nitrogen and oxygen atoms in total. The maximum Gasteiger partial charge on any atom is 0.234 e. The molecule has 1 aromatic heterocycles. The molecule has 0 unspecified atom stereocenters. The molecule has 0 aliphatic rings. The van der Waals surface area contributed by atoms with Crippen molar-refractivity contribution in [3.63, 3.8) is 0 Å². The molecule has 0 amide bonds. The second kappa shape index (κ2) is 5.98. The maximum absolute atomic E-state index is 5.96. The van der Waals surface area contributed by atoms with Gasteiger partial charge in [-0.1, -0.05) is 49.3 Å². The largest absolute Gasteiger partial charge is 0.339 e. The first-order chi connectivity index (χ1) is 10.00. The second-order valence-electron chi connectivity index (χ2n) is 6.11. The van der Waals surface area contributed by atoms with Crippen LogP contribution in [0.5, 0.6) is 0 Å². The van der Waals surface area contributed by atoms with Crippen LogP contribution in [0.3, 0.4) is 0 Å². The average Bonchev–Trinajstić information content (AvgIpc) is 3.02. The number of nitrogens with two attached hydrogens (primary N) is 1. The summed E-state index contributed by atoms with van der Waals surface area (Å²) in [4.78, 5) is 4.69. The van der Waals surface area contributed by atoms with Crippen LogP contribution < -0.4 is 5.73 Å². The fourth-order valence-electron chi connectivity index (χ4n) is 2.61. The minimum Gasteiger partial charge on any atom is -0.339 e. The van der Waals surface area contributed by atoms with Crippen LogP contribution >= 0.6 is 0 Å². The zero-order chi connectivity index (χ0) is 15.5. The highest BCUT2D eigenvalue weighted by molar-refractivity contribution is 5.30. The normalized spacial score (nSPS) is 12.6. The molecule has 2 rings (SSSR count). The molecule has 114 valence electrons. The van der Waals surface area contributed by atoms with Crippen molar-refractivity contribution in [3.8, 4) is 0 Å². The average molecular weight is 287 g/mol. The van der Waals surface area contributed by atoms with E-state index in [1.807, 2.05) is 18.2 Å². The van der Waals surface area contributed by atoms with E-state index in [4.69, 9.17) is 10.3 Å². The molecule has 0 spiro atoms. The van der Waals surface area contributed by atoms with Crippen LogP contribution in [0.25, 0.3) is 0 Å². The number of aromatic nitrogens is 2. The molecule has 0 aliphatic heterocycles. The molecule has 0 radical (unpaired) electrons. The minimum atomic E-state index is -0.287. The van der Waals surface area contributed by atoms with Gasteiger partial charge in [0.1, 0.15) is 0 Å². The van der Waals surface area contributed by atoms with Crippen molar-refractivity contribution < 1.29 is 4.52 Å². The minimum absolute atomic E-state index is 0.210. The van der Waals surface area contributed by atoms with Crippen LogP contribution in [0.1, 0.15) is 57.8 Å². The number of benzene rings is 1. The molecule has 0 saturated carbocycles. The Morgan fingerprint density at radius 3 is 2.24 bits per heavy atom. The third kappa shape index (κ3) is 2.72. The molecule has 21 heavy (non-hydrogen) atoms. The Morgan fingerprint density at radius 1 is 1.10 bits per heavy atom. The Hall–Kier alpha value is -1.68. The first-order valence-corrected chi connectivity index (χ1v) is 7.60. The van der Waals surface area contributed by atoms with Crippen molar-refractivity contribution in [3.05, 3.63) is 47.6 Å². The van der Waals surface area contributed by atoms with Crippen molar-refractivity contribution in [2.45, 2.75) is 51.4 Å². The van der Waals surface area contributed by atoms with E-state index in [-0.39, 0.29) is 10.8 Å². The zero-order valence-corrected chi connectivity index (χ0v) is 13.4. The summed E-state index contributed by atoms with van der Waals surface area (Å²) in [5.41, 5.74) is 6.64. The first kappa shape index (κ1) is 15.7. The van der Waals surface area contributed by atoms with Crippen molar-refractivity contribution in [2.24, 2.45) is 5.73 Å². The monoisotopic (exact) mass is 287 g/mol. The van der Waals surface area contributed by atoms with Gasteiger partial charge in [0.15, 0.2) is 5.82 Å². The highest BCUT2D eigenvalue weighted by Crippen LogP contribution is 2.33. The molecular formula is C17H25N3O. The van der Waals surface area contributed by atoms with Crippen molar-refractivity contribution in [2.75, 3.05) is 6.54 Å². The summed E-state index contributed by atoms with van der Waals surface area (Å²) >= 11 is 0. The molecule has 0 bridgehead atoms. The van der Waals surface area contributed by atoms with Gasteiger partial charge in [-0.15, -0.1) is 0 Å². The van der Waals surface area contributed by atoms with Crippen LogP contribution in [0.4, 0.5) is 0 Å². The van der Waals surface area contributed by atoms with E-state index in [2.05, 4.69) is 50.0 Å². The van der Waals surface area contributed by atoms with Gasteiger partial charge in [0.2, 0.25) is 5.89 Å². The van der Waals surface area contributed by atoms with Gasteiger partial charge in [-0.05, 0) is 32.3 Å². The molecule has 4 heteroatoms. The van der Waals surface area contributed by atoms with Gasteiger partial charge in [0.05, 0.1) is 10.8 Å². The van der Waals surface area contributed by atoms with Gasteiger partial charge >= 0.3 is 0 Å². The molecule has 0 fully saturated rings. The van der Waals surface area contributed by atoms with E-state index in [0.29, 0.717) is 18.3 Å². The quantitative estimate of drug-likeness (QED) is 0.884. The van der Waals surface area contributed by atoms with E-state index >= 15 is 0 Å². The van der Waals surface area contributed by atoms with E-state index in [1.165, 1.54) is 5.56 Å². The summed E-state index contributed by atoms with van der Waals surface area (Å²) in [5, 5.41) is 4.23. The fraction of sp³-hybridized carbons (Fsp3) is 0.529. The maximum atomic E-state index is 5.96. The topological polar surface area (TPSA) is 64.9 Å². The van der Waals surface area contributed by atoms with Crippen molar-refractivity contribution >= 4 is 0 Å². The van der Waals surface area contributed by atoms with Crippen LogP contribution in [0, 0.1) is 0 Å². The summed E-state index contributed by atoms with van der Waals surface area (Å²) in [7, 11) is 0. The lowest BCUT2D eigenvalue weighted by atomic mass is 9.81. The van der Waals surface area contributed by atoms with Gasteiger partial charge in [-0.2, -0.15) is 4.98 Å². The SMILES string of the molecule is CCC(CC)(CN)c1nc(C(C)(C)c2ccccc2)no1. The standard InChI is InChI=1S/C17H25N3O/c1-5-17(6-2,12-18)15-19-14(20-21-15)16(3,4)13-10-8-7-9-11-13/h7-11H,5-6,12,18H2,1-4H3. The Labute approximate surface area is 126 Å². The van der Waals surface area contributed by atoms with Crippen LogP contribution in [0.15, 0.2) is 34.9 Å². The van der Waals surface area contributed by atoms with Crippen molar-refractivity contribution in [1.82, 2.24) is 10.1 Å². The Kier molecular flexibility index (Phi) is 4.47. The molecule has 0 aliphatic carbocycles. The third-order valence-corrected chi connectivity index (χ3v) is 4.68. The van der Waals surface area contributed by atoms with Gasteiger partial charge in [-0.25, -0.2) is 0 Å². The predicted molar refractivity (Wildman–Crippen MR) is 84.2 cm³/mol. The van der Waals surface area contributed by atoms with E-state index in [9.17, 15) is 0 Å². The zero-order valence-electron chi connectivity index (χ0n) is 13.4. The van der Waals surface area contributed by atoms with Gasteiger partial charge < -0.3 is 10.3 Å². The first-order valence-electron chi connectivity index (χ1n) is 7.60. The van der Waals surface area contributed by atoms with E-state index in [0.717, 1.165) is 12.8 Å². The highest BCUT2D eigenvalue weighted by atomic mass is 16.5. The summed E-state index contributed by atoms with van der Waals surface area (Å²) in [6, 6.07) is 10.2. The summed E-state index contributed by atoms with van der Waals surface area (Å²) in [6.07, 6.45) is 1.79. The summed E-state index contributed by atoms with van der Waals surface area (Å²) in [6.45, 7) is 8.97. The predicted octanol–water partition coefficient (Wildman–Crippen LogP) is 3.41. The molecule has 0 saturated heterocycles. The summed E-state index contributed by atoms with van der Waals surface area (Å²) in [5.74, 6) is 1.37. The lowest BCUT2D eigenvalue weighted by molar-refractivity contribution is 0.265. The molecule has 0 atom stereocenters. The third-order valence-electron chi connectivity index (χ3n) is 4.68. The smallest absolute Gasteiger partial charge is 0.234 e. The van der Waals surface area contributed by atoms with Crippen LogP contribution in [0.2, 0.25) is 0 Å². The fourth-order valence-corrected chi connectivity index (χ4v) is 2.61. The van der Waals surface area contributed by atoms with Crippen LogP contribution in [-0.4, -0.2) is 16.7 Å². The Balaban J connectivity index is 2.40. The second-order valence-corrected chi connectivity index (χ2v) is 6.11. The van der Waals surface area contributed by atoms with Gasteiger partial charge in [-0.3, -0.25) is 0 Å². The van der Waals surface area contributed by atoms with E-state index in [1.54, 1.807) is 0 Å². The lowest BCUT2D eigenvalue weighted by Crippen LogP contribution is -2.34. The highest BCUT2D eigenvalue weighted by Gasteiger charge is 2.36. The van der Waals surface area contributed by atoms with Crippen LogP contribution in [-0.2, 0) is 10.8 Å². The number of hydrogen-bond acceptors (Lipinski definition) is 4. The Bertz CT molecular complexity index is 562. The lowest BCUT2D eigenvalue weighted by Gasteiger charge is -2.25.